The SMILES string of the molecule is CC.CC(C)(C)N1C(=O)CN=C(c2ccccc2)c2ccccc21. The number of anilines is 1. The first kappa shape index (κ1) is 17.9. The van der Waals surface area contributed by atoms with Crippen molar-refractivity contribution < 1.29 is 4.79 Å². The molecule has 0 fully saturated rings. The van der Waals surface area contributed by atoms with Crippen molar-refractivity contribution in [2.45, 2.75) is 40.2 Å². The zero-order chi connectivity index (χ0) is 17.7. The second-order valence-electron chi connectivity index (χ2n) is 6.45. The highest BCUT2D eigenvalue weighted by atomic mass is 16.2. The summed E-state index contributed by atoms with van der Waals surface area (Å²) in [6, 6.07) is 18.1. The van der Waals surface area contributed by atoms with Crippen LogP contribution in [0.4, 0.5) is 5.69 Å². The summed E-state index contributed by atoms with van der Waals surface area (Å²) in [4.78, 5) is 19.1. The molecule has 0 radical (unpaired) electrons. The highest BCUT2D eigenvalue weighted by molar-refractivity contribution is 6.19. The van der Waals surface area contributed by atoms with Crippen molar-refractivity contribution in [3.8, 4) is 0 Å². The summed E-state index contributed by atoms with van der Waals surface area (Å²) in [7, 11) is 0. The van der Waals surface area contributed by atoms with Gasteiger partial charge < -0.3 is 4.90 Å². The quantitative estimate of drug-likeness (QED) is 0.749. The molecule has 0 saturated heterocycles. The third kappa shape index (κ3) is 3.56. The van der Waals surface area contributed by atoms with Crippen LogP contribution < -0.4 is 4.90 Å². The van der Waals surface area contributed by atoms with Gasteiger partial charge in [0.2, 0.25) is 5.91 Å². The van der Waals surface area contributed by atoms with Crippen molar-refractivity contribution >= 4 is 17.3 Å². The lowest BCUT2D eigenvalue weighted by molar-refractivity contribution is -0.118. The largest absolute Gasteiger partial charge is 0.305 e. The monoisotopic (exact) mass is 322 g/mol. The van der Waals surface area contributed by atoms with Crippen LogP contribution >= 0.6 is 0 Å². The normalized spacial score (nSPS) is 14.1. The summed E-state index contributed by atoms with van der Waals surface area (Å²) < 4.78 is 0. The third-order valence-corrected chi connectivity index (χ3v) is 3.74. The van der Waals surface area contributed by atoms with Crippen molar-refractivity contribution in [1.82, 2.24) is 0 Å². The van der Waals surface area contributed by atoms with Crippen molar-refractivity contribution in [3.05, 3.63) is 65.7 Å². The van der Waals surface area contributed by atoms with E-state index in [0.29, 0.717) is 0 Å². The molecular weight excluding hydrogens is 296 g/mol. The average Bonchev–Trinajstić information content (AvgIpc) is 2.73. The topological polar surface area (TPSA) is 32.7 Å². The highest BCUT2D eigenvalue weighted by Gasteiger charge is 2.32. The molecule has 0 saturated carbocycles. The summed E-state index contributed by atoms with van der Waals surface area (Å²) >= 11 is 0. The maximum atomic E-state index is 12.6. The summed E-state index contributed by atoms with van der Waals surface area (Å²) in [6.07, 6.45) is 0. The smallest absolute Gasteiger partial charge is 0.249 e. The number of aliphatic imine (C=N–C) groups is 1. The summed E-state index contributed by atoms with van der Waals surface area (Å²) in [5.74, 6) is 0.0332. The number of nitrogens with zero attached hydrogens (tertiary/aromatic N) is 2. The second kappa shape index (κ2) is 7.43. The molecular formula is C21H26N2O. The van der Waals surface area contributed by atoms with Gasteiger partial charge >= 0.3 is 0 Å². The number of carbonyl (C=O) groups is 1. The van der Waals surface area contributed by atoms with Crippen LogP contribution in [0.5, 0.6) is 0 Å². The number of fused-ring (bicyclic) bond motifs is 1. The van der Waals surface area contributed by atoms with Gasteiger partial charge in [-0.2, -0.15) is 0 Å². The van der Waals surface area contributed by atoms with Gasteiger partial charge in [-0.25, -0.2) is 0 Å². The van der Waals surface area contributed by atoms with Crippen LogP contribution in [0.15, 0.2) is 59.6 Å². The van der Waals surface area contributed by atoms with Crippen LogP contribution in [0.25, 0.3) is 0 Å². The predicted molar refractivity (Wildman–Crippen MR) is 102 cm³/mol. The lowest BCUT2D eigenvalue weighted by Crippen LogP contribution is -2.47. The van der Waals surface area contributed by atoms with Gasteiger partial charge in [0, 0.05) is 16.7 Å². The van der Waals surface area contributed by atoms with Gasteiger partial charge in [0.25, 0.3) is 0 Å². The summed E-state index contributed by atoms with van der Waals surface area (Å²) in [5.41, 5.74) is 3.58. The molecule has 0 N–H and O–H groups in total. The minimum Gasteiger partial charge on any atom is -0.305 e. The first-order valence-corrected chi connectivity index (χ1v) is 8.51. The lowest BCUT2D eigenvalue weighted by atomic mass is 9.97. The Hall–Kier alpha value is -2.42. The minimum atomic E-state index is -0.283. The molecule has 126 valence electrons. The Labute approximate surface area is 145 Å². The maximum Gasteiger partial charge on any atom is 0.249 e. The van der Waals surface area contributed by atoms with Crippen molar-refractivity contribution in [2.24, 2.45) is 4.99 Å². The van der Waals surface area contributed by atoms with Gasteiger partial charge in [-0.15, -0.1) is 0 Å². The Morgan fingerprint density at radius 1 is 0.917 bits per heavy atom. The zero-order valence-corrected chi connectivity index (χ0v) is 15.2. The number of para-hydroxylation sites is 1. The summed E-state index contributed by atoms with van der Waals surface area (Å²) in [5, 5.41) is 0. The fourth-order valence-electron chi connectivity index (χ4n) is 2.88. The first-order valence-electron chi connectivity index (χ1n) is 8.51. The fourth-order valence-corrected chi connectivity index (χ4v) is 2.88. The van der Waals surface area contributed by atoms with Crippen LogP contribution in [0, 0.1) is 0 Å². The number of benzodiazepines with no additional fused rings is 1. The molecule has 2 aromatic carbocycles. The zero-order valence-electron chi connectivity index (χ0n) is 15.2. The molecule has 0 spiro atoms. The van der Waals surface area contributed by atoms with Crippen LogP contribution in [0.2, 0.25) is 0 Å². The van der Waals surface area contributed by atoms with Gasteiger partial charge in [0.05, 0.1) is 11.4 Å². The second-order valence-corrected chi connectivity index (χ2v) is 6.45. The Morgan fingerprint density at radius 3 is 2.12 bits per heavy atom. The number of hydrogen-bond donors (Lipinski definition) is 0. The molecule has 1 amide bonds. The van der Waals surface area contributed by atoms with Gasteiger partial charge in [-0.05, 0) is 26.8 Å². The molecule has 3 heteroatoms. The average molecular weight is 322 g/mol. The van der Waals surface area contributed by atoms with E-state index in [1.54, 1.807) is 0 Å². The van der Waals surface area contributed by atoms with Crippen molar-refractivity contribution in [1.29, 1.82) is 0 Å². The first-order chi connectivity index (χ1) is 11.5. The Balaban J connectivity index is 0.00000100. The van der Waals surface area contributed by atoms with E-state index in [9.17, 15) is 4.79 Å². The summed E-state index contributed by atoms with van der Waals surface area (Å²) in [6.45, 7) is 10.3. The number of benzene rings is 2. The van der Waals surface area contributed by atoms with E-state index >= 15 is 0 Å². The van der Waals surface area contributed by atoms with E-state index in [1.165, 1.54) is 0 Å². The molecule has 1 aliphatic heterocycles. The van der Waals surface area contributed by atoms with Gasteiger partial charge in [-0.1, -0.05) is 62.4 Å². The lowest BCUT2D eigenvalue weighted by Gasteiger charge is -2.35. The number of amides is 1. The standard InChI is InChI=1S/C19H20N2O.C2H6/c1-19(2,3)21-16-12-8-7-11-15(16)18(20-13-17(21)22)14-9-5-4-6-10-14;1-2/h4-12H,13H2,1-3H3;1-2H3. The molecule has 0 atom stereocenters. The third-order valence-electron chi connectivity index (χ3n) is 3.74. The van der Waals surface area contributed by atoms with E-state index in [0.717, 1.165) is 22.5 Å². The molecule has 0 aromatic heterocycles. The van der Waals surface area contributed by atoms with E-state index in [1.807, 2.05) is 73.3 Å². The Kier molecular flexibility index (Phi) is 5.55. The number of rotatable bonds is 1. The van der Waals surface area contributed by atoms with E-state index < -0.39 is 0 Å². The van der Waals surface area contributed by atoms with Gasteiger partial charge in [0.15, 0.2) is 0 Å². The van der Waals surface area contributed by atoms with Gasteiger partial charge in [-0.3, -0.25) is 9.79 Å². The molecule has 0 aliphatic carbocycles. The maximum absolute atomic E-state index is 12.6. The molecule has 1 aliphatic rings. The molecule has 2 aromatic rings. The Morgan fingerprint density at radius 2 is 1.50 bits per heavy atom. The van der Waals surface area contributed by atoms with Crippen LogP contribution in [-0.2, 0) is 4.79 Å². The molecule has 3 rings (SSSR count). The number of carbonyl (C=O) groups excluding carboxylic acids is 1. The molecule has 0 bridgehead atoms. The van der Waals surface area contributed by atoms with E-state index in [2.05, 4.69) is 25.8 Å². The predicted octanol–water partition coefficient (Wildman–Crippen LogP) is 4.70. The van der Waals surface area contributed by atoms with Crippen LogP contribution in [0.3, 0.4) is 0 Å². The Bertz CT molecular complexity index is 727. The van der Waals surface area contributed by atoms with Crippen molar-refractivity contribution in [2.75, 3.05) is 11.4 Å². The van der Waals surface area contributed by atoms with Gasteiger partial charge in [0.1, 0.15) is 6.54 Å². The molecule has 0 unspecified atom stereocenters. The minimum absolute atomic E-state index is 0.0332. The highest BCUT2D eigenvalue weighted by Crippen LogP contribution is 2.31. The molecule has 3 nitrogen and oxygen atoms in total. The molecule has 1 heterocycles. The number of hydrogen-bond acceptors (Lipinski definition) is 2. The van der Waals surface area contributed by atoms with Crippen LogP contribution in [0.1, 0.15) is 45.7 Å². The fraction of sp³-hybridized carbons (Fsp3) is 0.333. The van der Waals surface area contributed by atoms with Crippen LogP contribution in [-0.4, -0.2) is 23.7 Å². The molecule has 24 heavy (non-hydrogen) atoms. The van der Waals surface area contributed by atoms with E-state index in [-0.39, 0.29) is 18.0 Å². The van der Waals surface area contributed by atoms with Crippen molar-refractivity contribution in [3.63, 3.8) is 0 Å². The van der Waals surface area contributed by atoms with E-state index in [4.69, 9.17) is 0 Å².